The van der Waals surface area contributed by atoms with Crippen molar-refractivity contribution in [1.82, 2.24) is 4.90 Å². The van der Waals surface area contributed by atoms with E-state index in [4.69, 9.17) is 9.47 Å². The highest BCUT2D eigenvalue weighted by molar-refractivity contribution is 5.81. The fourth-order valence-corrected chi connectivity index (χ4v) is 2.90. The lowest BCUT2D eigenvalue weighted by atomic mass is 10.1. The Hall–Kier alpha value is -3.93. The van der Waals surface area contributed by atoms with Gasteiger partial charge in [0.05, 0.1) is 0 Å². The van der Waals surface area contributed by atoms with Gasteiger partial charge in [0.1, 0.15) is 12.0 Å². The number of rotatable bonds is 10. The van der Waals surface area contributed by atoms with Gasteiger partial charge in [-0.15, -0.1) is 0 Å². The molecule has 0 radical (unpaired) electrons. The zero-order chi connectivity index (χ0) is 21.9. The first-order valence-corrected chi connectivity index (χ1v) is 9.83. The third kappa shape index (κ3) is 7.12. The maximum Gasteiger partial charge on any atom is 0.344 e. The Balaban J connectivity index is 1.54. The van der Waals surface area contributed by atoms with Crippen molar-refractivity contribution < 1.29 is 23.9 Å². The number of nitrogens with zero attached hydrogens (tertiary/aromatic N) is 1. The molecule has 0 fully saturated rings. The van der Waals surface area contributed by atoms with Gasteiger partial charge in [0, 0.05) is 18.7 Å². The van der Waals surface area contributed by atoms with E-state index in [-0.39, 0.29) is 19.1 Å². The molecule has 6 heteroatoms. The van der Waals surface area contributed by atoms with Crippen molar-refractivity contribution in [1.29, 1.82) is 0 Å². The Morgan fingerprint density at radius 2 is 1.29 bits per heavy atom. The highest BCUT2D eigenvalue weighted by Gasteiger charge is 2.17. The second kappa shape index (κ2) is 11.3. The van der Waals surface area contributed by atoms with Crippen LogP contribution in [0, 0.1) is 0 Å². The molecule has 0 aliphatic rings. The van der Waals surface area contributed by atoms with Gasteiger partial charge in [-0.25, -0.2) is 4.79 Å². The second-order valence-corrected chi connectivity index (χ2v) is 6.86. The van der Waals surface area contributed by atoms with Crippen molar-refractivity contribution in [3.63, 3.8) is 0 Å². The number of amides is 1. The molecule has 3 rings (SSSR count). The van der Waals surface area contributed by atoms with E-state index in [1.807, 2.05) is 60.7 Å². The quantitative estimate of drug-likeness (QED) is 0.372. The summed E-state index contributed by atoms with van der Waals surface area (Å²) in [6, 6.07) is 25.6. The fraction of sp³-hybridized carbons (Fsp3) is 0.160. The van der Waals surface area contributed by atoms with Crippen molar-refractivity contribution >= 4 is 18.2 Å². The summed E-state index contributed by atoms with van der Waals surface area (Å²) in [6.07, 6.45) is 0.723. The lowest BCUT2D eigenvalue weighted by molar-refractivity contribution is -0.154. The number of benzene rings is 3. The van der Waals surface area contributed by atoms with Crippen LogP contribution in [0.4, 0.5) is 0 Å². The van der Waals surface area contributed by atoms with Crippen LogP contribution in [0.5, 0.6) is 5.75 Å². The van der Waals surface area contributed by atoms with Gasteiger partial charge >= 0.3 is 5.97 Å². The molecule has 31 heavy (non-hydrogen) atoms. The van der Waals surface area contributed by atoms with Gasteiger partial charge in [0.25, 0.3) is 5.91 Å². The van der Waals surface area contributed by atoms with Crippen LogP contribution < -0.4 is 4.74 Å². The van der Waals surface area contributed by atoms with E-state index in [2.05, 4.69) is 0 Å². The van der Waals surface area contributed by atoms with Crippen LogP contribution in [0.25, 0.3) is 0 Å². The summed E-state index contributed by atoms with van der Waals surface area (Å²) in [5.74, 6) is -0.507. The normalized spacial score (nSPS) is 10.2. The Bertz CT molecular complexity index is 946. The minimum atomic E-state index is -0.646. The van der Waals surface area contributed by atoms with E-state index in [1.54, 1.807) is 29.2 Å². The molecule has 3 aromatic rings. The summed E-state index contributed by atoms with van der Waals surface area (Å²) >= 11 is 0. The van der Waals surface area contributed by atoms with E-state index < -0.39 is 5.97 Å². The number of aldehydes is 1. The van der Waals surface area contributed by atoms with Gasteiger partial charge in [-0.1, -0.05) is 60.7 Å². The van der Waals surface area contributed by atoms with E-state index in [0.717, 1.165) is 17.4 Å². The van der Waals surface area contributed by atoms with Crippen molar-refractivity contribution in [3.8, 4) is 5.75 Å². The van der Waals surface area contributed by atoms with Crippen LogP contribution in [-0.4, -0.2) is 36.3 Å². The molecule has 0 aromatic heterocycles. The number of hydrogen-bond donors (Lipinski definition) is 0. The smallest absolute Gasteiger partial charge is 0.344 e. The van der Waals surface area contributed by atoms with Crippen molar-refractivity contribution in [3.05, 3.63) is 102 Å². The summed E-state index contributed by atoms with van der Waals surface area (Å²) < 4.78 is 10.5. The Morgan fingerprint density at radius 1 is 0.742 bits per heavy atom. The molecule has 0 N–H and O–H groups in total. The number of carbonyl (C=O) groups is 3. The zero-order valence-electron chi connectivity index (χ0n) is 17.0. The van der Waals surface area contributed by atoms with E-state index in [9.17, 15) is 14.4 Å². The molecule has 0 atom stereocenters. The highest BCUT2D eigenvalue weighted by atomic mass is 16.6. The van der Waals surface area contributed by atoms with Gasteiger partial charge in [0.2, 0.25) is 0 Å². The predicted octanol–water partition coefficient (Wildman–Crippen LogP) is 3.65. The Kier molecular flexibility index (Phi) is 7.94. The topological polar surface area (TPSA) is 72.9 Å². The summed E-state index contributed by atoms with van der Waals surface area (Å²) in [4.78, 5) is 37.1. The molecule has 1 amide bonds. The van der Waals surface area contributed by atoms with E-state index >= 15 is 0 Å². The van der Waals surface area contributed by atoms with Crippen molar-refractivity contribution in [2.45, 2.75) is 13.1 Å². The molecule has 0 unspecified atom stereocenters. The zero-order valence-corrected chi connectivity index (χ0v) is 17.0. The first-order valence-electron chi connectivity index (χ1n) is 9.83. The third-order valence-electron chi connectivity index (χ3n) is 4.51. The monoisotopic (exact) mass is 417 g/mol. The molecular formula is C25H23NO5. The first-order chi connectivity index (χ1) is 15.1. The number of esters is 1. The molecule has 0 spiro atoms. The molecule has 0 saturated heterocycles. The lowest BCUT2D eigenvalue weighted by Crippen LogP contribution is -2.34. The standard InChI is InChI=1S/C25H23NO5/c27-17-22-11-13-23(14-12-22)30-19-25(29)31-18-24(28)26(15-20-7-3-1-4-8-20)16-21-9-5-2-6-10-21/h1-14,17H,15-16,18-19H2. The Morgan fingerprint density at radius 3 is 1.81 bits per heavy atom. The van der Waals surface area contributed by atoms with Crippen LogP contribution in [0.1, 0.15) is 21.5 Å². The largest absolute Gasteiger partial charge is 0.482 e. The molecule has 158 valence electrons. The highest BCUT2D eigenvalue weighted by Crippen LogP contribution is 2.12. The molecule has 0 aliphatic carbocycles. The molecule has 0 bridgehead atoms. The average molecular weight is 417 g/mol. The van der Waals surface area contributed by atoms with Crippen LogP contribution in [0.2, 0.25) is 0 Å². The van der Waals surface area contributed by atoms with E-state index in [0.29, 0.717) is 24.4 Å². The molecule has 3 aromatic carbocycles. The van der Waals surface area contributed by atoms with Gasteiger partial charge in [-0.3, -0.25) is 9.59 Å². The average Bonchev–Trinajstić information content (AvgIpc) is 2.82. The summed E-state index contributed by atoms with van der Waals surface area (Å²) in [6.45, 7) is 0.119. The van der Waals surface area contributed by atoms with Crippen LogP contribution in [0.15, 0.2) is 84.9 Å². The third-order valence-corrected chi connectivity index (χ3v) is 4.51. The van der Waals surface area contributed by atoms with Crippen molar-refractivity contribution in [2.75, 3.05) is 13.2 Å². The van der Waals surface area contributed by atoms with Crippen LogP contribution >= 0.6 is 0 Å². The predicted molar refractivity (Wildman–Crippen MR) is 115 cm³/mol. The lowest BCUT2D eigenvalue weighted by Gasteiger charge is -2.23. The summed E-state index contributed by atoms with van der Waals surface area (Å²) in [5, 5.41) is 0. The first kappa shape index (κ1) is 21.8. The number of carbonyl (C=O) groups excluding carboxylic acids is 3. The minimum absolute atomic E-state index is 0.295. The minimum Gasteiger partial charge on any atom is -0.482 e. The maximum absolute atomic E-state index is 12.8. The number of hydrogen-bond acceptors (Lipinski definition) is 5. The molecule has 6 nitrogen and oxygen atoms in total. The van der Waals surface area contributed by atoms with E-state index in [1.165, 1.54) is 0 Å². The second-order valence-electron chi connectivity index (χ2n) is 6.86. The molecule has 0 aliphatic heterocycles. The van der Waals surface area contributed by atoms with Gasteiger partial charge in [0.15, 0.2) is 13.2 Å². The summed E-state index contributed by atoms with van der Waals surface area (Å²) in [7, 11) is 0. The maximum atomic E-state index is 12.8. The van der Waals surface area contributed by atoms with Crippen LogP contribution in [0.3, 0.4) is 0 Å². The molecule has 0 heterocycles. The van der Waals surface area contributed by atoms with Crippen LogP contribution in [-0.2, 0) is 27.4 Å². The number of ether oxygens (including phenoxy) is 2. The van der Waals surface area contributed by atoms with Gasteiger partial charge in [-0.05, 0) is 35.4 Å². The van der Waals surface area contributed by atoms with Gasteiger partial charge in [-0.2, -0.15) is 0 Å². The SMILES string of the molecule is O=Cc1ccc(OCC(=O)OCC(=O)N(Cc2ccccc2)Cc2ccccc2)cc1. The fourth-order valence-electron chi connectivity index (χ4n) is 2.90. The summed E-state index contributed by atoms with van der Waals surface area (Å²) in [5.41, 5.74) is 2.48. The van der Waals surface area contributed by atoms with Crippen molar-refractivity contribution in [2.24, 2.45) is 0 Å². The molecule has 0 saturated carbocycles. The Labute approximate surface area is 181 Å². The molecular weight excluding hydrogens is 394 g/mol. The van der Waals surface area contributed by atoms with Gasteiger partial charge < -0.3 is 14.4 Å².